The molecule has 2 fully saturated rings. The zero-order valence-electron chi connectivity index (χ0n) is 24.6. The van der Waals surface area contributed by atoms with Gasteiger partial charge in [0, 0.05) is 95.3 Å². The number of carbonyl (C=O) groups is 4. The number of carbonyl (C=O) groups excluding carboxylic acids is 4. The van der Waals surface area contributed by atoms with E-state index in [0.717, 1.165) is 96.5 Å². The highest BCUT2D eigenvalue weighted by Gasteiger charge is 2.42. The lowest BCUT2D eigenvalue weighted by Gasteiger charge is -2.37. The minimum atomic E-state index is -0.252. The summed E-state index contributed by atoms with van der Waals surface area (Å²) >= 11 is 15.4. The molecule has 0 unspecified atom stereocenters. The highest BCUT2D eigenvalue weighted by Crippen LogP contribution is 2.54. The van der Waals surface area contributed by atoms with Crippen LogP contribution >= 0.6 is 63.7 Å². The second-order valence-electron chi connectivity index (χ2n) is 13.2. The average Bonchev–Trinajstić information content (AvgIpc) is 3.05. The van der Waals surface area contributed by atoms with Crippen molar-refractivity contribution in [3.8, 4) is 0 Å². The Kier molecular flexibility index (Phi) is 6.81. The minimum Gasteiger partial charge on any atom is -0.271 e. The van der Waals surface area contributed by atoms with Crippen LogP contribution in [0.5, 0.6) is 0 Å². The maximum atomic E-state index is 14.2. The molecule has 0 bridgehead atoms. The van der Waals surface area contributed by atoms with Crippen molar-refractivity contribution in [1.82, 2.24) is 9.80 Å². The summed E-state index contributed by atoms with van der Waals surface area (Å²) < 4.78 is 2.86. The van der Waals surface area contributed by atoms with Gasteiger partial charge in [-0.1, -0.05) is 102 Å². The van der Waals surface area contributed by atoms with Gasteiger partial charge < -0.3 is 0 Å². The van der Waals surface area contributed by atoms with E-state index in [4.69, 9.17) is 0 Å². The molecular weight excluding hydrogens is 844 g/mol. The first-order valence-electron chi connectivity index (χ1n) is 15.9. The van der Waals surface area contributed by atoms with Crippen molar-refractivity contribution in [2.45, 2.75) is 76.3 Å². The van der Waals surface area contributed by atoms with E-state index in [0.29, 0.717) is 50.9 Å². The summed E-state index contributed by atoms with van der Waals surface area (Å²) in [6.45, 7) is 0. The number of fused-ring (bicyclic) bond motifs is 2. The Morgan fingerprint density at radius 2 is 0.652 bits per heavy atom. The molecule has 0 saturated heterocycles. The molecular formula is C36H26Br4N2O4. The molecule has 232 valence electrons. The molecule has 46 heavy (non-hydrogen) atoms. The smallest absolute Gasteiger partial charge is 0.261 e. The van der Waals surface area contributed by atoms with Crippen molar-refractivity contribution in [2.24, 2.45) is 0 Å². The van der Waals surface area contributed by atoms with Crippen LogP contribution in [-0.2, 0) is 0 Å². The quantitative estimate of drug-likeness (QED) is 0.101. The first-order valence-corrected chi connectivity index (χ1v) is 19.1. The molecule has 6 nitrogen and oxygen atoms in total. The van der Waals surface area contributed by atoms with Crippen molar-refractivity contribution in [1.29, 1.82) is 0 Å². The minimum absolute atomic E-state index is 0.106. The Hall–Kier alpha value is -2.40. The van der Waals surface area contributed by atoms with Gasteiger partial charge >= 0.3 is 0 Å². The molecule has 0 spiro atoms. The fraction of sp³-hybridized carbons (Fsp3) is 0.333. The van der Waals surface area contributed by atoms with Gasteiger partial charge in [-0.25, -0.2) is 0 Å². The average molecular weight is 870 g/mol. The Bertz CT molecular complexity index is 1980. The van der Waals surface area contributed by atoms with Gasteiger partial charge in [0.2, 0.25) is 0 Å². The Morgan fingerprint density at radius 3 is 0.913 bits per heavy atom. The summed E-state index contributed by atoms with van der Waals surface area (Å²) in [5, 5.41) is 6.19. The standard InChI is InChI=1S/C36H26Br4N2O4/c37-21-11-17-25-18(34(44)41(33(17)43)15-7-3-1-4-8-15)12-22(38)28-30-24(40)14-20-26-19(13-23(39)29(32(26)30)27(21)31(25)28)35(45)42(36(20)46)16-9-5-2-6-10-16/h11-16H,1-10H2. The summed E-state index contributed by atoms with van der Waals surface area (Å²) in [7, 11) is 0. The molecule has 0 N–H and O–H groups in total. The van der Waals surface area contributed by atoms with Gasteiger partial charge in [0.1, 0.15) is 0 Å². The molecule has 4 aliphatic rings. The molecule has 0 atom stereocenters. The molecule has 5 aromatic carbocycles. The van der Waals surface area contributed by atoms with E-state index < -0.39 is 0 Å². The molecule has 2 heterocycles. The van der Waals surface area contributed by atoms with E-state index >= 15 is 0 Å². The first-order chi connectivity index (χ1) is 22.2. The number of nitrogens with zero attached hydrogens (tertiary/aromatic N) is 2. The number of imide groups is 2. The van der Waals surface area contributed by atoms with Gasteiger partial charge in [-0.3, -0.25) is 29.0 Å². The van der Waals surface area contributed by atoms with Crippen LogP contribution in [0.1, 0.15) is 106 Å². The zero-order chi connectivity index (χ0) is 31.8. The molecule has 4 amide bonds. The van der Waals surface area contributed by atoms with Crippen LogP contribution in [0.3, 0.4) is 0 Å². The number of rotatable bonds is 2. The third-order valence-corrected chi connectivity index (χ3v) is 13.3. The maximum absolute atomic E-state index is 14.2. The lowest BCUT2D eigenvalue weighted by atomic mass is 9.81. The number of halogens is 4. The van der Waals surface area contributed by atoms with E-state index in [1.54, 1.807) is 0 Å². The molecule has 5 aromatic rings. The van der Waals surface area contributed by atoms with E-state index in [-0.39, 0.29) is 35.7 Å². The van der Waals surface area contributed by atoms with Crippen molar-refractivity contribution in [3.05, 3.63) is 64.4 Å². The highest BCUT2D eigenvalue weighted by molar-refractivity contribution is 9.11. The van der Waals surface area contributed by atoms with Gasteiger partial charge in [-0.2, -0.15) is 0 Å². The van der Waals surface area contributed by atoms with Crippen molar-refractivity contribution in [2.75, 3.05) is 0 Å². The second kappa shape index (κ2) is 10.5. The van der Waals surface area contributed by atoms with Crippen LogP contribution in [0.2, 0.25) is 0 Å². The summed E-state index contributed by atoms with van der Waals surface area (Å²) in [6.07, 6.45) is 9.56. The van der Waals surface area contributed by atoms with Gasteiger partial charge in [0.05, 0.1) is 0 Å². The van der Waals surface area contributed by atoms with E-state index in [9.17, 15) is 19.2 Å². The largest absolute Gasteiger partial charge is 0.271 e. The van der Waals surface area contributed by atoms with Gasteiger partial charge in [-0.15, -0.1) is 0 Å². The molecule has 2 aliphatic carbocycles. The molecule has 0 aromatic heterocycles. The third-order valence-electron chi connectivity index (χ3n) is 10.8. The van der Waals surface area contributed by atoms with Crippen LogP contribution < -0.4 is 0 Å². The summed E-state index contributed by atoms with van der Waals surface area (Å²) in [5.74, 6) is -1.01. The van der Waals surface area contributed by atoms with E-state index in [1.165, 1.54) is 9.80 Å². The predicted octanol–water partition coefficient (Wildman–Crippen LogP) is 10.6. The fourth-order valence-corrected chi connectivity index (χ4v) is 11.3. The Morgan fingerprint density at radius 1 is 0.391 bits per heavy atom. The van der Waals surface area contributed by atoms with Crippen molar-refractivity contribution >= 4 is 130 Å². The summed E-state index contributed by atoms with van der Waals surface area (Å²) in [5.41, 5.74) is 2.03. The third kappa shape index (κ3) is 3.84. The van der Waals surface area contributed by atoms with E-state index in [2.05, 4.69) is 63.7 Å². The molecule has 9 rings (SSSR count). The normalized spacial score (nSPS) is 19.7. The van der Waals surface area contributed by atoms with Crippen molar-refractivity contribution < 1.29 is 19.2 Å². The van der Waals surface area contributed by atoms with Crippen LogP contribution in [0.15, 0.2) is 42.2 Å². The SMILES string of the molecule is O=C1c2cc(Br)c3c4c(Br)cc5c6c(cc(Br)c(c7c(Br)cc(c2c37)C(=O)N1C1CCCCC1)c64)C(=O)N(C1CCCCC1)C5=O. The Balaban J connectivity index is 1.39. The van der Waals surface area contributed by atoms with E-state index in [1.807, 2.05) is 24.3 Å². The first kappa shape index (κ1) is 29.7. The van der Waals surface area contributed by atoms with Crippen LogP contribution in [0.4, 0.5) is 0 Å². The number of hydrogen-bond acceptors (Lipinski definition) is 4. The van der Waals surface area contributed by atoms with Crippen LogP contribution in [0.25, 0.3) is 43.1 Å². The van der Waals surface area contributed by atoms with Crippen LogP contribution in [-0.4, -0.2) is 45.5 Å². The highest BCUT2D eigenvalue weighted by atomic mass is 79.9. The lowest BCUT2D eigenvalue weighted by Crippen LogP contribution is -2.48. The topological polar surface area (TPSA) is 74.8 Å². The molecule has 0 radical (unpaired) electrons. The second-order valence-corrected chi connectivity index (χ2v) is 16.6. The van der Waals surface area contributed by atoms with Gasteiger partial charge in [0.25, 0.3) is 23.6 Å². The van der Waals surface area contributed by atoms with Gasteiger partial charge in [0.15, 0.2) is 0 Å². The molecule has 2 aliphatic heterocycles. The maximum Gasteiger partial charge on any atom is 0.261 e. The Labute approximate surface area is 298 Å². The fourth-order valence-electron chi connectivity index (χ4n) is 8.84. The summed E-state index contributed by atoms with van der Waals surface area (Å²) in [6, 6.07) is 7.20. The summed E-state index contributed by atoms with van der Waals surface area (Å²) in [4.78, 5) is 59.8. The lowest BCUT2D eigenvalue weighted by molar-refractivity contribution is 0.0487. The monoisotopic (exact) mass is 866 g/mol. The van der Waals surface area contributed by atoms with Crippen LogP contribution in [0, 0.1) is 0 Å². The zero-order valence-corrected chi connectivity index (χ0v) is 30.9. The number of hydrogen-bond donors (Lipinski definition) is 0. The van der Waals surface area contributed by atoms with Crippen molar-refractivity contribution in [3.63, 3.8) is 0 Å². The van der Waals surface area contributed by atoms with Gasteiger partial charge in [-0.05, 0) is 49.9 Å². The molecule has 10 heteroatoms. The predicted molar refractivity (Wildman–Crippen MR) is 193 cm³/mol. The number of benzene rings is 5. The molecule has 2 saturated carbocycles. The number of amides is 4.